The number of rotatable bonds is 3. The van der Waals surface area contributed by atoms with Crippen LogP contribution in [0.4, 0.5) is 10.5 Å². The van der Waals surface area contributed by atoms with E-state index in [9.17, 15) is 4.79 Å². The maximum atomic E-state index is 11.8. The number of urea groups is 1. The van der Waals surface area contributed by atoms with Gasteiger partial charge in [-0.2, -0.15) is 0 Å². The second-order valence-corrected chi connectivity index (χ2v) is 4.86. The first-order valence-corrected chi connectivity index (χ1v) is 6.36. The van der Waals surface area contributed by atoms with Gasteiger partial charge in [-0.05, 0) is 31.9 Å². The average molecular weight is 261 g/mol. The van der Waals surface area contributed by atoms with Gasteiger partial charge in [0.05, 0.1) is 12.3 Å². The number of hydrogen-bond donors (Lipinski definition) is 2. The van der Waals surface area contributed by atoms with Crippen molar-refractivity contribution in [2.75, 3.05) is 11.9 Å². The average Bonchev–Trinajstić information content (AvgIpc) is 2.77. The molecule has 0 spiro atoms. The van der Waals surface area contributed by atoms with Crippen LogP contribution in [0.15, 0.2) is 23.4 Å². The number of oxime groups is 1. The van der Waals surface area contributed by atoms with Crippen molar-refractivity contribution in [1.82, 2.24) is 5.32 Å². The Hall–Kier alpha value is -2.04. The highest BCUT2D eigenvalue weighted by Gasteiger charge is 2.18. The van der Waals surface area contributed by atoms with Gasteiger partial charge in [0.1, 0.15) is 6.10 Å². The summed E-state index contributed by atoms with van der Waals surface area (Å²) in [5.74, 6) is 0. The number of benzene rings is 1. The molecule has 1 atom stereocenters. The standard InChI is InChI=1S/C14H19N3O2/c1-9-5-4-6-10(2)13(9)16-14(18)15-8-12-7-11(3)17-19-12/h4-6,12H,7-8H2,1-3H3,(H2,15,16,18). The zero-order chi connectivity index (χ0) is 13.8. The Labute approximate surface area is 113 Å². The lowest BCUT2D eigenvalue weighted by molar-refractivity contribution is 0.0870. The van der Waals surface area contributed by atoms with Gasteiger partial charge in [-0.1, -0.05) is 23.4 Å². The molecule has 0 aromatic heterocycles. The number of carbonyl (C=O) groups is 1. The summed E-state index contributed by atoms with van der Waals surface area (Å²) >= 11 is 0. The predicted molar refractivity (Wildman–Crippen MR) is 75.5 cm³/mol. The van der Waals surface area contributed by atoms with Crippen LogP contribution < -0.4 is 10.6 Å². The Bertz CT molecular complexity index is 491. The summed E-state index contributed by atoms with van der Waals surface area (Å²) in [6.45, 7) is 6.31. The number of amides is 2. The summed E-state index contributed by atoms with van der Waals surface area (Å²) in [5.41, 5.74) is 3.92. The Morgan fingerprint density at radius 1 is 1.37 bits per heavy atom. The van der Waals surface area contributed by atoms with Crippen molar-refractivity contribution in [2.24, 2.45) is 5.16 Å². The molecule has 5 nitrogen and oxygen atoms in total. The van der Waals surface area contributed by atoms with Gasteiger partial charge in [-0.15, -0.1) is 0 Å². The molecule has 0 fully saturated rings. The van der Waals surface area contributed by atoms with E-state index in [-0.39, 0.29) is 12.1 Å². The second kappa shape index (κ2) is 5.73. The highest BCUT2D eigenvalue weighted by atomic mass is 16.6. The minimum atomic E-state index is -0.217. The van der Waals surface area contributed by atoms with Crippen LogP contribution in [-0.2, 0) is 4.84 Å². The lowest BCUT2D eigenvalue weighted by atomic mass is 10.1. The Morgan fingerprint density at radius 2 is 2.05 bits per heavy atom. The molecule has 2 N–H and O–H groups in total. The largest absolute Gasteiger partial charge is 0.390 e. The van der Waals surface area contributed by atoms with Crippen LogP contribution in [0.5, 0.6) is 0 Å². The second-order valence-electron chi connectivity index (χ2n) is 4.86. The van der Waals surface area contributed by atoms with Crippen LogP contribution in [0.25, 0.3) is 0 Å². The molecule has 1 unspecified atom stereocenters. The fourth-order valence-corrected chi connectivity index (χ4v) is 2.05. The van der Waals surface area contributed by atoms with Gasteiger partial charge in [0.25, 0.3) is 0 Å². The number of para-hydroxylation sites is 1. The molecular weight excluding hydrogens is 242 g/mol. The fourth-order valence-electron chi connectivity index (χ4n) is 2.05. The fraction of sp³-hybridized carbons (Fsp3) is 0.429. The Morgan fingerprint density at radius 3 is 2.63 bits per heavy atom. The first kappa shape index (κ1) is 13.4. The van der Waals surface area contributed by atoms with Gasteiger partial charge in [0.2, 0.25) is 0 Å². The lowest BCUT2D eigenvalue weighted by Crippen LogP contribution is -2.35. The van der Waals surface area contributed by atoms with Crippen molar-refractivity contribution in [3.63, 3.8) is 0 Å². The molecule has 102 valence electrons. The lowest BCUT2D eigenvalue weighted by Gasteiger charge is -2.14. The molecule has 19 heavy (non-hydrogen) atoms. The molecule has 0 radical (unpaired) electrons. The highest BCUT2D eigenvalue weighted by molar-refractivity contribution is 5.91. The normalized spacial score (nSPS) is 17.6. The maximum Gasteiger partial charge on any atom is 0.319 e. The van der Waals surface area contributed by atoms with E-state index in [2.05, 4.69) is 15.8 Å². The first-order valence-electron chi connectivity index (χ1n) is 6.36. The molecule has 1 aromatic rings. The molecule has 1 heterocycles. The van der Waals surface area contributed by atoms with Crippen LogP contribution in [0.2, 0.25) is 0 Å². The van der Waals surface area contributed by atoms with Crippen molar-refractivity contribution in [1.29, 1.82) is 0 Å². The van der Waals surface area contributed by atoms with Gasteiger partial charge in [-0.25, -0.2) is 4.79 Å². The summed E-state index contributed by atoms with van der Waals surface area (Å²) in [6.07, 6.45) is 0.715. The van der Waals surface area contributed by atoms with E-state index in [1.807, 2.05) is 39.0 Å². The molecule has 5 heteroatoms. The van der Waals surface area contributed by atoms with Crippen LogP contribution in [0, 0.1) is 13.8 Å². The first-order chi connectivity index (χ1) is 9.06. The summed E-state index contributed by atoms with van der Waals surface area (Å²) in [5, 5.41) is 9.52. The Balaban J connectivity index is 1.85. The number of anilines is 1. The van der Waals surface area contributed by atoms with E-state index in [1.165, 1.54) is 0 Å². The number of nitrogens with zero attached hydrogens (tertiary/aromatic N) is 1. The molecule has 0 saturated carbocycles. The molecule has 1 aliphatic heterocycles. The molecule has 2 rings (SSSR count). The third kappa shape index (κ3) is 3.47. The van der Waals surface area contributed by atoms with E-state index in [4.69, 9.17) is 4.84 Å². The monoisotopic (exact) mass is 261 g/mol. The zero-order valence-corrected chi connectivity index (χ0v) is 11.5. The predicted octanol–water partition coefficient (Wildman–Crippen LogP) is 2.59. The molecule has 0 aliphatic carbocycles. The van der Waals surface area contributed by atoms with Gasteiger partial charge in [0.15, 0.2) is 0 Å². The van der Waals surface area contributed by atoms with Crippen molar-refractivity contribution in [2.45, 2.75) is 33.3 Å². The number of aryl methyl sites for hydroxylation is 2. The number of hydrogen-bond acceptors (Lipinski definition) is 3. The topological polar surface area (TPSA) is 62.7 Å². The summed E-state index contributed by atoms with van der Waals surface area (Å²) in [6, 6.07) is 5.70. The SMILES string of the molecule is CC1=NOC(CNC(=O)Nc2c(C)cccc2C)C1. The Kier molecular flexibility index (Phi) is 4.04. The van der Waals surface area contributed by atoms with E-state index in [1.54, 1.807) is 0 Å². The van der Waals surface area contributed by atoms with Crippen LogP contribution in [0.1, 0.15) is 24.5 Å². The molecule has 2 amide bonds. The van der Waals surface area contributed by atoms with Crippen molar-refractivity contribution in [3.05, 3.63) is 29.3 Å². The van der Waals surface area contributed by atoms with E-state index >= 15 is 0 Å². The number of nitrogens with one attached hydrogen (secondary N) is 2. The maximum absolute atomic E-state index is 11.8. The van der Waals surface area contributed by atoms with Gasteiger partial charge >= 0.3 is 6.03 Å². The molecule has 1 aromatic carbocycles. The van der Waals surface area contributed by atoms with Crippen molar-refractivity contribution < 1.29 is 9.63 Å². The van der Waals surface area contributed by atoms with Crippen LogP contribution >= 0.6 is 0 Å². The molecule has 1 aliphatic rings. The smallest absolute Gasteiger partial charge is 0.319 e. The van der Waals surface area contributed by atoms with Gasteiger partial charge < -0.3 is 15.5 Å². The van der Waals surface area contributed by atoms with Crippen LogP contribution in [-0.4, -0.2) is 24.4 Å². The zero-order valence-electron chi connectivity index (χ0n) is 11.5. The van der Waals surface area contributed by atoms with Crippen molar-refractivity contribution >= 4 is 17.4 Å². The van der Waals surface area contributed by atoms with Gasteiger partial charge in [0, 0.05) is 12.1 Å². The minimum absolute atomic E-state index is 0.0521. The van der Waals surface area contributed by atoms with Crippen LogP contribution in [0.3, 0.4) is 0 Å². The van der Waals surface area contributed by atoms with Crippen molar-refractivity contribution in [3.8, 4) is 0 Å². The summed E-state index contributed by atoms with van der Waals surface area (Å²) in [7, 11) is 0. The highest BCUT2D eigenvalue weighted by Crippen LogP contribution is 2.19. The number of carbonyl (C=O) groups excluding carboxylic acids is 1. The van der Waals surface area contributed by atoms with E-state index < -0.39 is 0 Å². The third-order valence-electron chi connectivity index (χ3n) is 3.09. The third-order valence-corrected chi connectivity index (χ3v) is 3.09. The van der Waals surface area contributed by atoms with Gasteiger partial charge in [-0.3, -0.25) is 0 Å². The summed E-state index contributed by atoms with van der Waals surface area (Å²) < 4.78 is 0. The minimum Gasteiger partial charge on any atom is -0.390 e. The quantitative estimate of drug-likeness (QED) is 0.878. The molecule has 0 saturated heterocycles. The molecule has 0 bridgehead atoms. The summed E-state index contributed by atoms with van der Waals surface area (Å²) in [4.78, 5) is 17.0. The van der Waals surface area contributed by atoms with E-state index in [0.717, 1.165) is 28.9 Å². The molecular formula is C14H19N3O2. The van der Waals surface area contributed by atoms with E-state index in [0.29, 0.717) is 6.54 Å².